The summed E-state index contributed by atoms with van der Waals surface area (Å²) in [5.74, 6) is 0.850. The van der Waals surface area contributed by atoms with Crippen molar-refractivity contribution in [2.45, 2.75) is 32.1 Å². The number of hydrogen-bond acceptors (Lipinski definition) is 5. The molecule has 1 spiro atoms. The molecule has 26 heavy (non-hydrogen) atoms. The van der Waals surface area contributed by atoms with Gasteiger partial charge in [-0.25, -0.2) is 4.39 Å². The van der Waals surface area contributed by atoms with Gasteiger partial charge in [-0.05, 0) is 37.1 Å². The number of carbonyl (C=O) groups excluding carboxylic acids is 1. The Morgan fingerprint density at radius 2 is 2.04 bits per heavy atom. The second-order valence-electron chi connectivity index (χ2n) is 7.12. The van der Waals surface area contributed by atoms with Gasteiger partial charge in [0.05, 0.1) is 5.92 Å². The molecule has 2 aromatic rings. The summed E-state index contributed by atoms with van der Waals surface area (Å²) >= 11 is 0. The lowest BCUT2D eigenvalue weighted by Gasteiger charge is -2.36. The van der Waals surface area contributed by atoms with Crippen molar-refractivity contribution in [3.05, 3.63) is 36.0 Å². The number of halogens is 1. The van der Waals surface area contributed by atoms with Crippen LogP contribution in [-0.2, 0) is 9.53 Å². The number of hydrogen-bond donors (Lipinski definition) is 0. The van der Waals surface area contributed by atoms with Gasteiger partial charge >= 0.3 is 0 Å². The molecule has 0 bridgehead atoms. The first kappa shape index (κ1) is 17.1. The minimum absolute atomic E-state index is 0.00333. The van der Waals surface area contributed by atoms with Crippen LogP contribution < -0.4 is 0 Å². The van der Waals surface area contributed by atoms with Gasteiger partial charge in [0.15, 0.2) is 0 Å². The van der Waals surface area contributed by atoms with E-state index in [1.54, 1.807) is 12.1 Å². The largest absolute Gasteiger partial charge is 0.381 e. The molecule has 138 valence electrons. The van der Waals surface area contributed by atoms with Crippen LogP contribution in [0.1, 0.15) is 38.0 Å². The van der Waals surface area contributed by atoms with Crippen LogP contribution in [0, 0.1) is 11.2 Å². The van der Waals surface area contributed by atoms with E-state index in [-0.39, 0.29) is 23.1 Å². The maximum absolute atomic E-state index is 13.1. The minimum Gasteiger partial charge on any atom is -0.381 e. The van der Waals surface area contributed by atoms with Crippen LogP contribution in [0.15, 0.2) is 28.8 Å². The molecule has 4 rings (SSSR count). The van der Waals surface area contributed by atoms with E-state index in [0.717, 1.165) is 12.8 Å². The van der Waals surface area contributed by atoms with Crippen molar-refractivity contribution in [3.8, 4) is 11.4 Å². The van der Waals surface area contributed by atoms with Gasteiger partial charge in [0.2, 0.25) is 17.6 Å². The summed E-state index contributed by atoms with van der Waals surface area (Å²) in [4.78, 5) is 18.8. The molecule has 1 atom stereocenters. The molecular weight excluding hydrogens is 337 g/mol. The van der Waals surface area contributed by atoms with Crippen LogP contribution in [0.3, 0.4) is 0 Å². The van der Waals surface area contributed by atoms with Gasteiger partial charge in [-0.3, -0.25) is 4.79 Å². The van der Waals surface area contributed by atoms with Gasteiger partial charge in [-0.2, -0.15) is 4.98 Å². The molecule has 1 aromatic carbocycles. The molecule has 2 saturated heterocycles. The van der Waals surface area contributed by atoms with E-state index in [4.69, 9.17) is 9.26 Å². The summed E-state index contributed by atoms with van der Waals surface area (Å²) < 4.78 is 24.3. The van der Waals surface area contributed by atoms with Gasteiger partial charge in [0, 0.05) is 43.7 Å². The normalized spacial score (nSPS) is 22.1. The summed E-state index contributed by atoms with van der Waals surface area (Å²) in [5, 5.41) is 4.09. The Morgan fingerprint density at radius 1 is 1.31 bits per heavy atom. The van der Waals surface area contributed by atoms with E-state index < -0.39 is 0 Å². The average Bonchev–Trinajstić information content (AvgIpc) is 3.28. The number of likely N-dealkylation sites (tertiary alicyclic amines) is 1. The van der Waals surface area contributed by atoms with Crippen molar-refractivity contribution in [3.63, 3.8) is 0 Å². The van der Waals surface area contributed by atoms with Crippen molar-refractivity contribution >= 4 is 5.91 Å². The summed E-state index contributed by atoms with van der Waals surface area (Å²) in [6, 6.07) is 6.02. The predicted molar refractivity (Wildman–Crippen MR) is 91.8 cm³/mol. The van der Waals surface area contributed by atoms with Gasteiger partial charge in [-0.1, -0.05) is 12.1 Å². The second kappa shape index (κ2) is 6.79. The van der Waals surface area contributed by atoms with Crippen LogP contribution in [0.4, 0.5) is 4.39 Å². The van der Waals surface area contributed by atoms with Crippen LogP contribution in [0.2, 0.25) is 0 Å². The first-order valence-electron chi connectivity index (χ1n) is 9.06. The minimum atomic E-state index is -0.303. The first-order valence-corrected chi connectivity index (χ1v) is 9.06. The number of amides is 1. The zero-order valence-electron chi connectivity index (χ0n) is 14.8. The number of aromatic nitrogens is 2. The van der Waals surface area contributed by atoms with Crippen molar-refractivity contribution in [2.24, 2.45) is 5.41 Å². The van der Waals surface area contributed by atoms with Gasteiger partial charge < -0.3 is 14.2 Å². The monoisotopic (exact) mass is 359 g/mol. The average molecular weight is 359 g/mol. The quantitative estimate of drug-likeness (QED) is 0.843. The highest BCUT2D eigenvalue weighted by Crippen LogP contribution is 2.49. The third-order valence-corrected chi connectivity index (χ3v) is 5.63. The molecule has 7 heteroatoms. The topological polar surface area (TPSA) is 68.5 Å². The third-order valence-electron chi connectivity index (χ3n) is 5.63. The van der Waals surface area contributed by atoms with Gasteiger partial charge in [0.25, 0.3) is 0 Å². The van der Waals surface area contributed by atoms with Crippen molar-refractivity contribution in [2.75, 3.05) is 26.3 Å². The lowest BCUT2D eigenvalue weighted by Crippen LogP contribution is -2.37. The van der Waals surface area contributed by atoms with E-state index >= 15 is 0 Å². The number of nitrogens with zero attached hydrogens (tertiary/aromatic N) is 3. The molecule has 2 fully saturated rings. The smallest absolute Gasteiger partial charge is 0.232 e. The molecule has 2 aliphatic heterocycles. The number of benzene rings is 1. The Morgan fingerprint density at radius 3 is 2.73 bits per heavy atom. The van der Waals surface area contributed by atoms with E-state index in [1.807, 2.05) is 11.8 Å². The molecule has 6 nitrogen and oxygen atoms in total. The van der Waals surface area contributed by atoms with Crippen LogP contribution >= 0.6 is 0 Å². The number of rotatable bonds is 3. The maximum atomic E-state index is 13.1. The van der Waals surface area contributed by atoms with Gasteiger partial charge in [-0.15, -0.1) is 0 Å². The molecule has 1 amide bonds. The Labute approximate surface area is 151 Å². The van der Waals surface area contributed by atoms with Gasteiger partial charge in [0.1, 0.15) is 5.82 Å². The summed E-state index contributed by atoms with van der Waals surface area (Å²) in [5.41, 5.74) is 0.636. The fraction of sp³-hybridized carbons (Fsp3) is 0.526. The van der Waals surface area contributed by atoms with Crippen LogP contribution in [0.25, 0.3) is 11.4 Å². The molecular formula is C19H22FN3O3. The molecule has 0 saturated carbocycles. The highest BCUT2D eigenvalue weighted by atomic mass is 19.1. The van der Waals surface area contributed by atoms with E-state index in [2.05, 4.69) is 10.1 Å². The first-order chi connectivity index (χ1) is 12.6. The molecule has 1 aromatic heterocycles. The third kappa shape index (κ3) is 3.00. The van der Waals surface area contributed by atoms with Crippen molar-refractivity contribution in [1.29, 1.82) is 0 Å². The highest BCUT2D eigenvalue weighted by molar-refractivity contribution is 5.76. The van der Waals surface area contributed by atoms with Crippen LogP contribution in [-0.4, -0.2) is 47.3 Å². The lowest BCUT2D eigenvalue weighted by molar-refractivity contribution is -0.130. The standard InChI is InChI=1S/C19H22FN3O3/c1-2-16(24)23-11-15(19(12-23)7-9-25-10-8-19)18-21-17(22-26-18)13-3-5-14(20)6-4-13/h3-6,15H,2,7-12H2,1H3/t15-/m0/s1. The van der Waals surface area contributed by atoms with Crippen molar-refractivity contribution < 1.29 is 18.4 Å². The molecule has 3 heterocycles. The molecule has 0 radical (unpaired) electrons. The Kier molecular flexibility index (Phi) is 4.48. The summed E-state index contributed by atoms with van der Waals surface area (Å²) in [6.45, 7) is 4.55. The molecule has 2 aliphatic rings. The van der Waals surface area contributed by atoms with Crippen LogP contribution in [0.5, 0.6) is 0 Å². The SMILES string of the molecule is CCC(=O)N1C[C@@H](c2nc(-c3ccc(F)cc3)no2)C2(CCOCC2)C1. The summed E-state index contributed by atoms with van der Waals surface area (Å²) in [6.07, 6.45) is 2.24. The highest BCUT2D eigenvalue weighted by Gasteiger charge is 2.51. The second-order valence-corrected chi connectivity index (χ2v) is 7.12. The fourth-order valence-electron chi connectivity index (χ4n) is 4.10. The number of carbonyl (C=O) groups is 1. The summed E-state index contributed by atoms with van der Waals surface area (Å²) in [7, 11) is 0. The fourth-order valence-corrected chi connectivity index (χ4v) is 4.10. The number of ether oxygens (including phenoxy) is 1. The van der Waals surface area contributed by atoms with E-state index in [9.17, 15) is 9.18 Å². The predicted octanol–water partition coefficient (Wildman–Crippen LogP) is 3.01. The molecule has 0 N–H and O–H groups in total. The maximum Gasteiger partial charge on any atom is 0.232 e. The zero-order valence-corrected chi connectivity index (χ0v) is 14.8. The van der Waals surface area contributed by atoms with E-state index in [1.165, 1.54) is 12.1 Å². The zero-order chi connectivity index (χ0) is 18.1. The molecule has 0 unspecified atom stereocenters. The Balaban J connectivity index is 1.64. The Bertz CT molecular complexity index is 784. The molecule has 0 aliphatic carbocycles. The van der Waals surface area contributed by atoms with E-state index in [0.29, 0.717) is 50.0 Å². The Hall–Kier alpha value is -2.28. The lowest BCUT2D eigenvalue weighted by atomic mass is 9.72. The van der Waals surface area contributed by atoms with Crippen molar-refractivity contribution in [1.82, 2.24) is 15.0 Å².